The van der Waals surface area contributed by atoms with Gasteiger partial charge in [0, 0.05) is 18.2 Å². The number of hydrogen-bond acceptors (Lipinski definition) is 7. The average Bonchev–Trinajstić information content (AvgIpc) is 3.35. The van der Waals surface area contributed by atoms with Crippen LogP contribution in [0.3, 0.4) is 0 Å². The molecule has 0 spiro atoms. The van der Waals surface area contributed by atoms with E-state index in [0.29, 0.717) is 35.7 Å². The summed E-state index contributed by atoms with van der Waals surface area (Å²) < 4.78 is 15.0. The Hall–Kier alpha value is -4.02. The lowest BCUT2D eigenvalue weighted by molar-refractivity contribution is -0.115. The lowest BCUT2D eigenvalue weighted by Gasteiger charge is -2.10. The Kier molecular flexibility index (Phi) is 4.27. The van der Waals surface area contributed by atoms with Crippen molar-refractivity contribution in [3.63, 3.8) is 0 Å². The van der Waals surface area contributed by atoms with Crippen LogP contribution in [0, 0.1) is 5.82 Å². The van der Waals surface area contributed by atoms with Crippen LogP contribution in [-0.4, -0.2) is 37.6 Å². The molecule has 1 aliphatic heterocycles. The van der Waals surface area contributed by atoms with E-state index in [9.17, 15) is 14.0 Å². The predicted octanol–water partition coefficient (Wildman–Crippen LogP) is 1.63. The van der Waals surface area contributed by atoms with Crippen LogP contribution in [-0.2, 0) is 11.3 Å². The van der Waals surface area contributed by atoms with Gasteiger partial charge >= 0.3 is 6.03 Å². The molecule has 2 aromatic heterocycles. The topological polar surface area (TPSA) is 125 Å². The number of nitrogens with one attached hydrogen (secondary N) is 4. The molecule has 1 saturated heterocycles. The van der Waals surface area contributed by atoms with Gasteiger partial charge in [0.1, 0.15) is 11.5 Å². The summed E-state index contributed by atoms with van der Waals surface area (Å²) in [6.07, 6.45) is 5.14. The third kappa shape index (κ3) is 3.64. The summed E-state index contributed by atoms with van der Waals surface area (Å²) >= 11 is 0. The molecule has 1 aromatic carbocycles. The molecule has 1 aliphatic carbocycles. The summed E-state index contributed by atoms with van der Waals surface area (Å²) in [7, 11) is 0. The van der Waals surface area contributed by atoms with Crippen LogP contribution in [0.25, 0.3) is 11.7 Å². The second-order valence-corrected chi connectivity index (χ2v) is 7.07. The van der Waals surface area contributed by atoms with Gasteiger partial charge in [0.25, 0.3) is 5.91 Å². The minimum absolute atomic E-state index is 0.111. The van der Waals surface area contributed by atoms with Gasteiger partial charge in [0.15, 0.2) is 5.65 Å². The zero-order chi connectivity index (χ0) is 20.7. The van der Waals surface area contributed by atoms with Crippen molar-refractivity contribution in [1.82, 2.24) is 30.2 Å². The minimum atomic E-state index is -0.578. The van der Waals surface area contributed by atoms with Crippen LogP contribution < -0.4 is 21.3 Å². The van der Waals surface area contributed by atoms with Crippen molar-refractivity contribution >= 4 is 35.6 Å². The summed E-state index contributed by atoms with van der Waals surface area (Å²) in [4.78, 5) is 32.2. The molecule has 10 nitrogen and oxygen atoms in total. The number of halogens is 1. The second-order valence-electron chi connectivity index (χ2n) is 7.07. The fourth-order valence-electron chi connectivity index (χ4n) is 3.05. The number of amides is 3. The number of benzene rings is 1. The van der Waals surface area contributed by atoms with E-state index in [1.54, 1.807) is 22.8 Å². The van der Waals surface area contributed by atoms with Crippen molar-refractivity contribution in [2.24, 2.45) is 0 Å². The Bertz CT molecular complexity index is 1200. The normalized spacial score (nSPS) is 17.3. The van der Waals surface area contributed by atoms with Crippen LogP contribution >= 0.6 is 0 Å². The van der Waals surface area contributed by atoms with Crippen molar-refractivity contribution in [2.75, 3.05) is 10.6 Å². The molecule has 30 heavy (non-hydrogen) atoms. The van der Waals surface area contributed by atoms with Crippen LogP contribution in [0.15, 0.2) is 36.2 Å². The van der Waals surface area contributed by atoms with E-state index in [1.165, 1.54) is 18.2 Å². The first-order valence-electron chi connectivity index (χ1n) is 9.40. The lowest BCUT2D eigenvalue weighted by atomic mass is 10.2. The summed E-state index contributed by atoms with van der Waals surface area (Å²) in [6.45, 7) is 0.333. The molecule has 2 fully saturated rings. The van der Waals surface area contributed by atoms with Gasteiger partial charge in [0.05, 0.1) is 6.20 Å². The molecule has 1 saturated carbocycles. The van der Waals surface area contributed by atoms with Gasteiger partial charge in [-0.25, -0.2) is 9.18 Å². The summed E-state index contributed by atoms with van der Waals surface area (Å²) in [6, 6.07) is 6.00. The zero-order valence-electron chi connectivity index (χ0n) is 15.6. The number of urea groups is 1. The van der Waals surface area contributed by atoms with E-state index in [1.807, 2.05) is 0 Å². The molecule has 0 bridgehead atoms. The van der Waals surface area contributed by atoms with Gasteiger partial charge in [-0.05, 0) is 36.6 Å². The number of rotatable bonds is 6. The first-order valence-corrected chi connectivity index (χ1v) is 9.40. The maximum Gasteiger partial charge on any atom is 0.326 e. The average molecular weight is 408 g/mol. The van der Waals surface area contributed by atoms with Gasteiger partial charge < -0.3 is 16.0 Å². The Balaban J connectivity index is 1.50. The maximum absolute atomic E-state index is 13.4. The number of fused-ring (bicyclic) bond motifs is 1. The standard InChI is InChI=1S/C19H17FN8O2/c20-12-3-1-2-10(6-12)8-21-17-25-15-11(7-14-16(29)26-19(30)24-14)9-22-28(15)18(27-17)23-13-4-5-13/h1-3,6-7,9,13H,4-5,8H2,(H2,21,23,25,27)(H2,24,26,29,30)/b14-7-. The van der Waals surface area contributed by atoms with Gasteiger partial charge in [-0.15, -0.1) is 0 Å². The summed E-state index contributed by atoms with van der Waals surface area (Å²) in [5.41, 5.74) is 1.85. The number of imide groups is 1. The molecule has 2 aliphatic rings. The third-order valence-electron chi connectivity index (χ3n) is 4.67. The highest BCUT2D eigenvalue weighted by atomic mass is 19.1. The van der Waals surface area contributed by atoms with Crippen LogP contribution in [0.4, 0.5) is 21.1 Å². The molecule has 11 heteroatoms. The SMILES string of the molecule is O=C1NC(=O)/C(=C/c2cnn3c(NC4CC4)nc(NCc4cccc(F)c4)nc23)N1. The highest BCUT2D eigenvalue weighted by Gasteiger charge is 2.25. The van der Waals surface area contributed by atoms with E-state index in [2.05, 4.69) is 36.3 Å². The number of carbonyl (C=O) groups is 2. The van der Waals surface area contributed by atoms with E-state index >= 15 is 0 Å². The lowest BCUT2D eigenvalue weighted by Crippen LogP contribution is -2.22. The van der Waals surface area contributed by atoms with Crippen LogP contribution in [0.5, 0.6) is 0 Å². The maximum atomic E-state index is 13.4. The first kappa shape index (κ1) is 18.0. The molecule has 0 unspecified atom stereocenters. The van der Waals surface area contributed by atoms with Crippen molar-refractivity contribution in [3.05, 3.63) is 53.1 Å². The number of aromatic nitrogens is 4. The quantitative estimate of drug-likeness (QED) is 0.361. The molecule has 0 atom stereocenters. The van der Waals surface area contributed by atoms with E-state index < -0.39 is 11.9 Å². The second kappa shape index (κ2) is 7.10. The Morgan fingerprint density at radius 2 is 2.10 bits per heavy atom. The van der Waals surface area contributed by atoms with Gasteiger partial charge in [-0.3, -0.25) is 10.1 Å². The summed E-state index contributed by atoms with van der Waals surface area (Å²) in [5.74, 6) is 0.00121. The van der Waals surface area contributed by atoms with E-state index in [0.717, 1.165) is 18.4 Å². The number of carbonyl (C=O) groups excluding carboxylic acids is 2. The Morgan fingerprint density at radius 3 is 2.83 bits per heavy atom. The summed E-state index contributed by atoms with van der Waals surface area (Å²) in [5, 5.41) is 15.3. The first-order chi connectivity index (χ1) is 14.5. The van der Waals surface area contributed by atoms with Gasteiger partial charge in [0.2, 0.25) is 11.9 Å². The zero-order valence-corrected chi connectivity index (χ0v) is 15.6. The molecule has 4 N–H and O–H groups in total. The van der Waals surface area contributed by atoms with Gasteiger partial charge in [-0.1, -0.05) is 12.1 Å². The molecule has 3 amide bonds. The number of hydrogen-bond donors (Lipinski definition) is 4. The number of anilines is 2. The van der Waals surface area contributed by atoms with Crippen LogP contribution in [0.2, 0.25) is 0 Å². The Morgan fingerprint density at radius 1 is 1.23 bits per heavy atom. The largest absolute Gasteiger partial charge is 0.351 e. The molecule has 0 radical (unpaired) electrons. The van der Waals surface area contributed by atoms with Crippen molar-refractivity contribution in [3.8, 4) is 0 Å². The smallest absolute Gasteiger partial charge is 0.326 e. The molecule has 3 aromatic rings. The van der Waals surface area contributed by atoms with Gasteiger partial charge in [-0.2, -0.15) is 19.6 Å². The fourth-order valence-corrected chi connectivity index (χ4v) is 3.05. The minimum Gasteiger partial charge on any atom is -0.351 e. The molecule has 152 valence electrons. The van der Waals surface area contributed by atoms with E-state index in [4.69, 9.17) is 0 Å². The van der Waals surface area contributed by atoms with Crippen molar-refractivity contribution in [1.29, 1.82) is 0 Å². The van der Waals surface area contributed by atoms with Crippen molar-refractivity contribution < 1.29 is 14.0 Å². The van der Waals surface area contributed by atoms with Crippen LogP contribution in [0.1, 0.15) is 24.0 Å². The third-order valence-corrected chi connectivity index (χ3v) is 4.67. The Labute approximate surface area is 169 Å². The molecular formula is C19H17FN8O2. The molecule has 3 heterocycles. The van der Waals surface area contributed by atoms with Crippen molar-refractivity contribution in [2.45, 2.75) is 25.4 Å². The van der Waals surface area contributed by atoms with E-state index in [-0.39, 0.29) is 11.5 Å². The fraction of sp³-hybridized carbons (Fsp3) is 0.211. The monoisotopic (exact) mass is 408 g/mol. The molecular weight excluding hydrogens is 391 g/mol. The molecule has 5 rings (SSSR count). The predicted molar refractivity (Wildman–Crippen MR) is 106 cm³/mol. The highest BCUT2D eigenvalue weighted by molar-refractivity contribution is 6.14. The number of nitrogens with zero attached hydrogens (tertiary/aromatic N) is 4. The highest BCUT2D eigenvalue weighted by Crippen LogP contribution is 2.25.